The Morgan fingerprint density at radius 3 is 2.87 bits per heavy atom. The molecule has 1 rings (SSSR count). The molecule has 0 aliphatic rings. The SMILES string of the molecule is C=CCN(CCO)c1ccnc(CO)c1. The van der Waals surface area contributed by atoms with Gasteiger partial charge in [0.2, 0.25) is 0 Å². The van der Waals surface area contributed by atoms with E-state index in [2.05, 4.69) is 11.6 Å². The molecular weight excluding hydrogens is 192 g/mol. The van der Waals surface area contributed by atoms with Gasteiger partial charge < -0.3 is 15.1 Å². The average molecular weight is 208 g/mol. The lowest BCUT2D eigenvalue weighted by atomic mass is 10.3. The van der Waals surface area contributed by atoms with Gasteiger partial charge in [0.1, 0.15) is 0 Å². The first-order valence-corrected chi connectivity index (χ1v) is 4.84. The second-order valence-corrected chi connectivity index (χ2v) is 3.12. The van der Waals surface area contributed by atoms with E-state index in [1.54, 1.807) is 18.3 Å². The van der Waals surface area contributed by atoms with Crippen LogP contribution in [0, 0.1) is 0 Å². The predicted molar refractivity (Wildman–Crippen MR) is 59.7 cm³/mol. The molecule has 0 unspecified atom stereocenters. The molecule has 0 atom stereocenters. The summed E-state index contributed by atoms with van der Waals surface area (Å²) in [5.74, 6) is 0. The van der Waals surface area contributed by atoms with Crippen LogP contribution in [0.3, 0.4) is 0 Å². The first-order valence-electron chi connectivity index (χ1n) is 4.84. The number of aliphatic hydroxyl groups is 2. The maximum absolute atomic E-state index is 8.95. The van der Waals surface area contributed by atoms with Crippen LogP contribution in [-0.4, -0.2) is 34.9 Å². The van der Waals surface area contributed by atoms with E-state index in [0.717, 1.165) is 5.69 Å². The molecule has 0 aromatic carbocycles. The zero-order valence-electron chi connectivity index (χ0n) is 8.63. The van der Waals surface area contributed by atoms with Crippen molar-refractivity contribution >= 4 is 5.69 Å². The standard InChI is InChI=1S/C11H16N2O2/c1-2-5-13(6-7-14)11-3-4-12-10(8-11)9-15/h2-4,8,14-15H,1,5-7,9H2. The monoisotopic (exact) mass is 208 g/mol. The average Bonchev–Trinajstić information content (AvgIpc) is 2.29. The lowest BCUT2D eigenvalue weighted by molar-refractivity contribution is 0.277. The van der Waals surface area contributed by atoms with Gasteiger partial charge in [0.05, 0.1) is 18.9 Å². The molecule has 2 N–H and O–H groups in total. The van der Waals surface area contributed by atoms with Gasteiger partial charge in [-0.15, -0.1) is 6.58 Å². The third-order valence-corrected chi connectivity index (χ3v) is 2.05. The Bertz CT molecular complexity index is 315. The third kappa shape index (κ3) is 3.34. The van der Waals surface area contributed by atoms with Crippen LogP contribution in [-0.2, 0) is 6.61 Å². The van der Waals surface area contributed by atoms with Gasteiger partial charge in [-0.3, -0.25) is 4.98 Å². The Morgan fingerprint density at radius 1 is 1.47 bits per heavy atom. The fourth-order valence-electron chi connectivity index (χ4n) is 1.35. The van der Waals surface area contributed by atoms with Crippen LogP contribution in [0.4, 0.5) is 5.69 Å². The summed E-state index contributed by atoms with van der Waals surface area (Å²) in [6, 6.07) is 3.65. The number of rotatable bonds is 6. The first kappa shape index (κ1) is 11.7. The van der Waals surface area contributed by atoms with Crippen LogP contribution in [0.1, 0.15) is 5.69 Å². The zero-order chi connectivity index (χ0) is 11.1. The van der Waals surface area contributed by atoms with E-state index in [-0.39, 0.29) is 13.2 Å². The summed E-state index contributed by atoms with van der Waals surface area (Å²) in [5.41, 5.74) is 1.56. The molecule has 0 fully saturated rings. The minimum atomic E-state index is -0.0745. The predicted octanol–water partition coefficient (Wildman–Crippen LogP) is 0.559. The molecule has 0 saturated heterocycles. The van der Waals surface area contributed by atoms with Gasteiger partial charge in [-0.2, -0.15) is 0 Å². The van der Waals surface area contributed by atoms with Crippen LogP contribution in [0.5, 0.6) is 0 Å². The molecule has 1 heterocycles. The molecule has 15 heavy (non-hydrogen) atoms. The summed E-state index contributed by atoms with van der Waals surface area (Å²) in [5, 5.41) is 17.9. The number of hydrogen-bond donors (Lipinski definition) is 2. The van der Waals surface area contributed by atoms with Crippen LogP contribution >= 0.6 is 0 Å². The molecule has 0 aliphatic carbocycles. The maximum atomic E-state index is 8.95. The van der Waals surface area contributed by atoms with Crippen molar-refractivity contribution in [1.29, 1.82) is 0 Å². The van der Waals surface area contributed by atoms with Gasteiger partial charge in [0, 0.05) is 25.0 Å². The molecule has 0 spiro atoms. The second kappa shape index (κ2) is 6.16. The molecule has 4 nitrogen and oxygen atoms in total. The van der Waals surface area contributed by atoms with Crippen molar-refractivity contribution in [2.45, 2.75) is 6.61 Å². The molecule has 82 valence electrons. The van der Waals surface area contributed by atoms with E-state index in [0.29, 0.717) is 18.8 Å². The summed E-state index contributed by atoms with van der Waals surface area (Å²) in [6.45, 7) is 4.88. The minimum Gasteiger partial charge on any atom is -0.395 e. The highest BCUT2D eigenvalue weighted by molar-refractivity contribution is 5.47. The summed E-state index contributed by atoms with van der Waals surface area (Å²) in [6.07, 6.45) is 3.42. The third-order valence-electron chi connectivity index (χ3n) is 2.05. The number of pyridine rings is 1. The smallest absolute Gasteiger partial charge is 0.0853 e. The number of aromatic nitrogens is 1. The maximum Gasteiger partial charge on any atom is 0.0853 e. The highest BCUT2D eigenvalue weighted by atomic mass is 16.3. The van der Waals surface area contributed by atoms with E-state index >= 15 is 0 Å². The highest BCUT2D eigenvalue weighted by Gasteiger charge is 2.04. The fraction of sp³-hybridized carbons (Fsp3) is 0.364. The number of hydrogen-bond acceptors (Lipinski definition) is 4. The van der Waals surface area contributed by atoms with Crippen LogP contribution in [0.25, 0.3) is 0 Å². The lowest BCUT2D eigenvalue weighted by Crippen LogP contribution is -2.26. The van der Waals surface area contributed by atoms with Crippen LogP contribution < -0.4 is 4.90 Å². The summed E-state index contributed by atoms with van der Waals surface area (Å²) in [7, 11) is 0. The van der Waals surface area contributed by atoms with Gasteiger partial charge in [-0.05, 0) is 12.1 Å². The van der Waals surface area contributed by atoms with Gasteiger partial charge in [0.15, 0.2) is 0 Å². The van der Waals surface area contributed by atoms with Crippen LogP contribution in [0.15, 0.2) is 31.0 Å². The van der Waals surface area contributed by atoms with Gasteiger partial charge in [0.25, 0.3) is 0 Å². The number of aliphatic hydroxyl groups excluding tert-OH is 2. The number of nitrogens with zero attached hydrogens (tertiary/aromatic N) is 2. The molecule has 0 bridgehead atoms. The summed E-state index contributed by atoms with van der Waals surface area (Å²) < 4.78 is 0. The normalized spacial score (nSPS) is 10.0. The van der Waals surface area contributed by atoms with Gasteiger partial charge in [-0.1, -0.05) is 6.08 Å². The van der Waals surface area contributed by atoms with Crippen molar-refractivity contribution in [2.24, 2.45) is 0 Å². The molecule has 0 radical (unpaired) electrons. The van der Waals surface area contributed by atoms with Crippen molar-refractivity contribution < 1.29 is 10.2 Å². The fourth-order valence-corrected chi connectivity index (χ4v) is 1.35. The second-order valence-electron chi connectivity index (χ2n) is 3.12. The van der Waals surface area contributed by atoms with E-state index in [4.69, 9.17) is 10.2 Å². The van der Waals surface area contributed by atoms with Crippen LogP contribution in [0.2, 0.25) is 0 Å². The quantitative estimate of drug-likeness (QED) is 0.671. The molecule has 0 aliphatic heterocycles. The van der Waals surface area contributed by atoms with Gasteiger partial charge in [-0.25, -0.2) is 0 Å². The Kier molecular flexibility index (Phi) is 4.80. The zero-order valence-corrected chi connectivity index (χ0v) is 8.63. The molecule has 1 aromatic heterocycles. The van der Waals surface area contributed by atoms with E-state index in [9.17, 15) is 0 Å². The molecule has 1 aromatic rings. The largest absolute Gasteiger partial charge is 0.395 e. The number of anilines is 1. The Hall–Kier alpha value is -1.39. The minimum absolute atomic E-state index is 0.0745. The summed E-state index contributed by atoms with van der Waals surface area (Å²) in [4.78, 5) is 5.96. The molecule has 0 amide bonds. The molecule has 4 heteroatoms. The molecular formula is C11H16N2O2. The molecule has 0 saturated carbocycles. The van der Waals surface area contributed by atoms with E-state index in [1.165, 1.54) is 0 Å². The van der Waals surface area contributed by atoms with Crippen molar-refractivity contribution in [3.05, 3.63) is 36.7 Å². The van der Waals surface area contributed by atoms with Crippen molar-refractivity contribution in [2.75, 3.05) is 24.6 Å². The Labute approximate surface area is 89.5 Å². The van der Waals surface area contributed by atoms with Crippen molar-refractivity contribution in [1.82, 2.24) is 4.98 Å². The Morgan fingerprint density at radius 2 is 2.27 bits per heavy atom. The van der Waals surface area contributed by atoms with Gasteiger partial charge >= 0.3 is 0 Å². The highest BCUT2D eigenvalue weighted by Crippen LogP contribution is 2.14. The van der Waals surface area contributed by atoms with Crippen molar-refractivity contribution in [3.63, 3.8) is 0 Å². The van der Waals surface area contributed by atoms with E-state index < -0.39 is 0 Å². The van der Waals surface area contributed by atoms with E-state index in [1.807, 2.05) is 11.0 Å². The van der Waals surface area contributed by atoms with Crippen molar-refractivity contribution in [3.8, 4) is 0 Å². The Balaban J connectivity index is 2.83. The lowest BCUT2D eigenvalue weighted by Gasteiger charge is -2.22. The summed E-state index contributed by atoms with van der Waals surface area (Å²) >= 11 is 0. The topological polar surface area (TPSA) is 56.6 Å². The first-order chi connectivity index (χ1) is 7.31.